The van der Waals surface area contributed by atoms with Crippen molar-refractivity contribution in [1.29, 1.82) is 0 Å². The predicted molar refractivity (Wildman–Crippen MR) is 76.5 cm³/mol. The number of hydrogen-bond acceptors (Lipinski definition) is 2. The highest BCUT2D eigenvalue weighted by molar-refractivity contribution is 5.46. The van der Waals surface area contributed by atoms with Gasteiger partial charge in [0.2, 0.25) is 0 Å². The van der Waals surface area contributed by atoms with E-state index in [-0.39, 0.29) is 0 Å². The molecular formula is C15H15F3N2O2. The summed E-state index contributed by atoms with van der Waals surface area (Å²) >= 11 is 0. The smallest absolute Gasteiger partial charge is 0.292 e. The van der Waals surface area contributed by atoms with Crippen molar-refractivity contribution in [2.45, 2.75) is 26.9 Å². The summed E-state index contributed by atoms with van der Waals surface area (Å²) in [5, 5.41) is 0. The van der Waals surface area contributed by atoms with E-state index in [4.69, 9.17) is 0 Å². The van der Waals surface area contributed by atoms with E-state index in [1.807, 2.05) is 6.92 Å². The zero-order chi connectivity index (χ0) is 16.8. The maximum Gasteiger partial charge on any atom is 0.431 e. The second-order valence-corrected chi connectivity index (χ2v) is 5.27. The highest BCUT2D eigenvalue weighted by Gasteiger charge is 2.35. The number of nitrogens with zero attached hydrogens (tertiary/aromatic N) is 2. The van der Waals surface area contributed by atoms with Gasteiger partial charge in [0.05, 0.1) is 5.69 Å². The third-order valence-corrected chi connectivity index (χ3v) is 3.66. The zero-order valence-electron chi connectivity index (χ0n) is 12.6. The van der Waals surface area contributed by atoms with Crippen LogP contribution in [0.1, 0.15) is 22.4 Å². The predicted octanol–water partition coefficient (Wildman–Crippen LogP) is 2.48. The van der Waals surface area contributed by atoms with Gasteiger partial charge in [-0.2, -0.15) is 13.2 Å². The fraction of sp³-hybridized carbons (Fsp3) is 0.333. The van der Waals surface area contributed by atoms with Crippen molar-refractivity contribution >= 4 is 0 Å². The molecule has 0 atom stereocenters. The van der Waals surface area contributed by atoms with E-state index in [0.717, 1.165) is 22.7 Å². The minimum Gasteiger partial charge on any atom is -0.292 e. The first-order valence-corrected chi connectivity index (χ1v) is 6.52. The molecule has 0 N–H and O–H groups in total. The summed E-state index contributed by atoms with van der Waals surface area (Å²) in [5.74, 6) is 0. The highest BCUT2D eigenvalue weighted by Crippen LogP contribution is 2.27. The van der Waals surface area contributed by atoms with E-state index in [1.165, 1.54) is 0 Å². The summed E-state index contributed by atoms with van der Waals surface area (Å²) in [6, 6.07) is 3.85. The van der Waals surface area contributed by atoms with E-state index in [2.05, 4.69) is 0 Å². The van der Waals surface area contributed by atoms with Gasteiger partial charge in [-0.25, -0.2) is 9.36 Å². The molecule has 2 rings (SSSR count). The van der Waals surface area contributed by atoms with Gasteiger partial charge in [-0.05, 0) is 43.5 Å². The summed E-state index contributed by atoms with van der Waals surface area (Å²) in [6.07, 6.45) is -4.76. The molecule has 0 bridgehead atoms. The number of benzene rings is 1. The van der Waals surface area contributed by atoms with Gasteiger partial charge in [0, 0.05) is 13.1 Å². The molecule has 0 fully saturated rings. The van der Waals surface area contributed by atoms with Gasteiger partial charge in [-0.15, -0.1) is 0 Å². The number of halogens is 3. The summed E-state index contributed by atoms with van der Waals surface area (Å²) < 4.78 is 39.7. The number of aryl methyl sites for hydroxylation is 3. The van der Waals surface area contributed by atoms with Gasteiger partial charge in [0.1, 0.15) is 5.69 Å². The largest absolute Gasteiger partial charge is 0.431 e. The van der Waals surface area contributed by atoms with E-state index in [0.29, 0.717) is 21.9 Å². The van der Waals surface area contributed by atoms with Gasteiger partial charge < -0.3 is 0 Å². The number of alkyl halides is 3. The lowest BCUT2D eigenvalue weighted by Gasteiger charge is -2.16. The SMILES string of the molecule is Cc1cc(C)c(-n2c(=O)cc(C(F)(F)F)n(C)c2=O)cc1C. The third-order valence-electron chi connectivity index (χ3n) is 3.66. The Hall–Kier alpha value is -2.31. The van der Waals surface area contributed by atoms with Gasteiger partial charge in [0.25, 0.3) is 5.56 Å². The summed E-state index contributed by atoms with van der Waals surface area (Å²) in [4.78, 5) is 24.3. The normalized spacial score (nSPS) is 11.8. The number of aromatic nitrogens is 2. The Labute approximate surface area is 124 Å². The maximum atomic E-state index is 12.8. The van der Waals surface area contributed by atoms with Crippen LogP contribution < -0.4 is 11.2 Å². The molecular weight excluding hydrogens is 297 g/mol. The van der Waals surface area contributed by atoms with Gasteiger partial charge >= 0.3 is 11.9 Å². The molecule has 1 aromatic carbocycles. The Morgan fingerprint density at radius 2 is 1.45 bits per heavy atom. The van der Waals surface area contributed by atoms with Crippen LogP contribution in [0.3, 0.4) is 0 Å². The number of rotatable bonds is 1. The Bertz CT molecular complexity index is 861. The zero-order valence-corrected chi connectivity index (χ0v) is 12.6. The Kier molecular flexibility index (Phi) is 3.76. The maximum absolute atomic E-state index is 12.8. The molecule has 22 heavy (non-hydrogen) atoms. The minimum atomic E-state index is -4.76. The van der Waals surface area contributed by atoms with Crippen molar-refractivity contribution < 1.29 is 13.2 Å². The summed E-state index contributed by atoms with van der Waals surface area (Å²) in [6.45, 7) is 5.38. The highest BCUT2D eigenvalue weighted by atomic mass is 19.4. The van der Waals surface area contributed by atoms with Crippen LogP contribution >= 0.6 is 0 Å². The molecule has 118 valence electrons. The van der Waals surface area contributed by atoms with E-state index >= 15 is 0 Å². The first-order chi connectivity index (χ1) is 10.0. The second kappa shape index (κ2) is 5.15. The molecule has 0 aliphatic carbocycles. The van der Waals surface area contributed by atoms with E-state index in [9.17, 15) is 22.8 Å². The van der Waals surface area contributed by atoms with Crippen LogP contribution in [0.25, 0.3) is 5.69 Å². The molecule has 7 heteroatoms. The van der Waals surface area contributed by atoms with Crippen LogP contribution in [0.5, 0.6) is 0 Å². The van der Waals surface area contributed by atoms with Crippen LogP contribution in [0.4, 0.5) is 13.2 Å². The molecule has 0 radical (unpaired) electrons. The Morgan fingerprint density at radius 1 is 0.909 bits per heavy atom. The van der Waals surface area contributed by atoms with Crippen LogP contribution in [0, 0.1) is 20.8 Å². The molecule has 0 aliphatic heterocycles. The minimum absolute atomic E-state index is 0.294. The lowest BCUT2D eigenvalue weighted by molar-refractivity contribution is -0.144. The molecule has 2 aromatic rings. The van der Waals surface area contributed by atoms with Gasteiger partial charge in [-0.1, -0.05) is 6.07 Å². The molecule has 0 unspecified atom stereocenters. The Balaban J connectivity index is 2.85. The van der Waals surface area contributed by atoms with Crippen LogP contribution in [-0.2, 0) is 13.2 Å². The lowest BCUT2D eigenvalue weighted by Crippen LogP contribution is -2.41. The van der Waals surface area contributed by atoms with Gasteiger partial charge in [0.15, 0.2) is 0 Å². The van der Waals surface area contributed by atoms with E-state index in [1.54, 1.807) is 26.0 Å². The second-order valence-electron chi connectivity index (χ2n) is 5.27. The van der Waals surface area contributed by atoms with Crippen molar-refractivity contribution in [3.63, 3.8) is 0 Å². The van der Waals surface area contributed by atoms with Crippen LogP contribution in [-0.4, -0.2) is 9.13 Å². The molecule has 1 aromatic heterocycles. The standard InChI is InChI=1S/C15H15F3N2O2/c1-8-5-10(3)11(6-9(8)2)20-13(21)7-12(15(16,17)18)19(4)14(20)22/h5-7H,1-4H3. The average molecular weight is 312 g/mol. The van der Waals surface area contributed by atoms with Crippen LogP contribution in [0.15, 0.2) is 27.8 Å². The first-order valence-electron chi connectivity index (χ1n) is 6.52. The number of hydrogen-bond donors (Lipinski definition) is 0. The third kappa shape index (κ3) is 2.58. The first kappa shape index (κ1) is 16.1. The molecule has 0 amide bonds. The fourth-order valence-corrected chi connectivity index (χ4v) is 2.31. The van der Waals surface area contributed by atoms with E-state index < -0.39 is 23.1 Å². The molecule has 0 saturated heterocycles. The Morgan fingerprint density at radius 3 is 2.00 bits per heavy atom. The summed E-state index contributed by atoms with van der Waals surface area (Å²) in [7, 11) is 0.997. The van der Waals surface area contributed by atoms with Gasteiger partial charge in [-0.3, -0.25) is 9.36 Å². The molecule has 4 nitrogen and oxygen atoms in total. The topological polar surface area (TPSA) is 44.0 Å². The quantitative estimate of drug-likeness (QED) is 0.812. The lowest BCUT2D eigenvalue weighted by atomic mass is 10.0. The van der Waals surface area contributed by atoms with Crippen molar-refractivity contribution in [1.82, 2.24) is 9.13 Å². The van der Waals surface area contributed by atoms with Crippen molar-refractivity contribution in [3.8, 4) is 5.69 Å². The van der Waals surface area contributed by atoms with Crippen molar-refractivity contribution in [3.05, 3.63) is 61.4 Å². The molecule has 0 aliphatic rings. The van der Waals surface area contributed by atoms with Crippen molar-refractivity contribution in [2.24, 2.45) is 7.05 Å². The molecule has 0 saturated carbocycles. The fourth-order valence-electron chi connectivity index (χ4n) is 2.31. The monoisotopic (exact) mass is 312 g/mol. The van der Waals surface area contributed by atoms with Crippen molar-refractivity contribution in [2.75, 3.05) is 0 Å². The molecule has 0 spiro atoms. The average Bonchev–Trinajstić information content (AvgIpc) is 2.38. The van der Waals surface area contributed by atoms with Crippen LogP contribution in [0.2, 0.25) is 0 Å². The summed E-state index contributed by atoms with van der Waals surface area (Å²) in [5.41, 5.74) is -0.537. The molecule has 1 heterocycles.